The van der Waals surface area contributed by atoms with Gasteiger partial charge in [-0.1, -0.05) is 20.8 Å². The van der Waals surface area contributed by atoms with Gasteiger partial charge in [-0.2, -0.15) is 5.10 Å². The molecule has 2 rings (SSSR count). The number of hydrogen-bond donors (Lipinski definition) is 0. The van der Waals surface area contributed by atoms with Crippen LogP contribution < -0.4 is 4.90 Å². The van der Waals surface area contributed by atoms with Crippen LogP contribution in [0.4, 0.5) is 5.82 Å². The second-order valence-electron chi connectivity index (χ2n) is 5.81. The van der Waals surface area contributed by atoms with Crippen LogP contribution >= 0.6 is 11.6 Å². The molecule has 0 spiro atoms. The van der Waals surface area contributed by atoms with Crippen molar-refractivity contribution >= 4 is 17.4 Å². The number of anilines is 1. The highest BCUT2D eigenvalue weighted by Gasteiger charge is 2.32. The Morgan fingerprint density at radius 3 is 2.59 bits per heavy atom. The molecule has 0 amide bonds. The molecule has 1 fully saturated rings. The lowest BCUT2D eigenvalue weighted by Crippen LogP contribution is -2.26. The molecule has 1 aliphatic heterocycles. The molecule has 1 unspecified atom stereocenters. The highest BCUT2D eigenvalue weighted by molar-refractivity contribution is 6.16. The van der Waals surface area contributed by atoms with Crippen LogP contribution in [-0.4, -0.2) is 23.3 Å². The lowest BCUT2D eigenvalue weighted by atomic mass is 9.80. The van der Waals surface area contributed by atoms with Gasteiger partial charge in [0.1, 0.15) is 0 Å². The van der Waals surface area contributed by atoms with E-state index in [1.54, 1.807) is 0 Å². The number of nitrogens with zero attached hydrogens (tertiary/aromatic N) is 3. The standard InChI is InChI=1S/C13H20ClN3/c1-13(2,3)10-6-7-17(9-10)12-5-4-11(8-14)15-16-12/h4-5,10H,6-9H2,1-3H3. The van der Waals surface area contributed by atoms with Crippen molar-refractivity contribution in [1.82, 2.24) is 10.2 Å². The van der Waals surface area contributed by atoms with Gasteiger partial charge in [0.25, 0.3) is 0 Å². The second-order valence-corrected chi connectivity index (χ2v) is 6.08. The number of alkyl halides is 1. The summed E-state index contributed by atoms with van der Waals surface area (Å²) in [7, 11) is 0. The first-order valence-electron chi connectivity index (χ1n) is 6.14. The van der Waals surface area contributed by atoms with Gasteiger partial charge in [-0.05, 0) is 29.9 Å². The highest BCUT2D eigenvalue weighted by atomic mass is 35.5. The summed E-state index contributed by atoms with van der Waals surface area (Å²) >= 11 is 5.71. The van der Waals surface area contributed by atoms with E-state index >= 15 is 0 Å². The summed E-state index contributed by atoms with van der Waals surface area (Å²) in [6.45, 7) is 9.09. The zero-order chi connectivity index (χ0) is 12.5. The molecule has 4 heteroatoms. The fourth-order valence-electron chi connectivity index (χ4n) is 2.27. The highest BCUT2D eigenvalue weighted by Crippen LogP contribution is 2.34. The van der Waals surface area contributed by atoms with Gasteiger partial charge in [0, 0.05) is 13.1 Å². The lowest BCUT2D eigenvalue weighted by Gasteiger charge is -2.27. The van der Waals surface area contributed by atoms with Crippen molar-refractivity contribution in [2.75, 3.05) is 18.0 Å². The monoisotopic (exact) mass is 253 g/mol. The number of hydrogen-bond acceptors (Lipinski definition) is 3. The summed E-state index contributed by atoms with van der Waals surface area (Å²) in [5, 5.41) is 8.34. The third-order valence-corrected chi connectivity index (χ3v) is 3.85. The molecule has 0 saturated carbocycles. The molecule has 0 aliphatic carbocycles. The van der Waals surface area contributed by atoms with E-state index in [1.807, 2.05) is 12.1 Å². The Morgan fingerprint density at radius 1 is 1.35 bits per heavy atom. The van der Waals surface area contributed by atoms with Crippen molar-refractivity contribution in [2.45, 2.75) is 33.1 Å². The van der Waals surface area contributed by atoms with Crippen molar-refractivity contribution < 1.29 is 0 Å². The molecule has 1 saturated heterocycles. The van der Waals surface area contributed by atoms with Crippen molar-refractivity contribution in [3.63, 3.8) is 0 Å². The van der Waals surface area contributed by atoms with Crippen LogP contribution in [0.1, 0.15) is 32.9 Å². The Morgan fingerprint density at radius 2 is 2.12 bits per heavy atom. The van der Waals surface area contributed by atoms with Crippen molar-refractivity contribution in [3.8, 4) is 0 Å². The average Bonchev–Trinajstić information content (AvgIpc) is 2.78. The largest absolute Gasteiger partial charge is 0.355 e. The normalized spacial score (nSPS) is 20.9. The second kappa shape index (κ2) is 4.81. The third-order valence-electron chi connectivity index (χ3n) is 3.58. The van der Waals surface area contributed by atoms with E-state index in [1.165, 1.54) is 6.42 Å². The first-order valence-corrected chi connectivity index (χ1v) is 6.67. The Kier molecular flexibility index (Phi) is 3.57. The SMILES string of the molecule is CC(C)(C)C1CCN(c2ccc(CCl)nn2)C1. The van der Waals surface area contributed by atoms with Gasteiger partial charge in [-0.3, -0.25) is 0 Å². The van der Waals surface area contributed by atoms with Gasteiger partial charge < -0.3 is 4.90 Å². The van der Waals surface area contributed by atoms with E-state index in [2.05, 4.69) is 35.9 Å². The number of aromatic nitrogens is 2. The molecule has 0 radical (unpaired) electrons. The molecule has 0 aromatic carbocycles. The summed E-state index contributed by atoms with van der Waals surface area (Å²) in [5.41, 5.74) is 1.21. The van der Waals surface area contributed by atoms with Crippen LogP contribution in [0.25, 0.3) is 0 Å². The minimum atomic E-state index is 0.373. The van der Waals surface area contributed by atoms with Crippen LogP contribution in [0.3, 0.4) is 0 Å². The quantitative estimate of drug-likeness (QED) is 0.759. The topological polar surface area (TPSA) is 29.0 Å². The van der Waals surface area contributed by atoms with E-state index in [4.69, 9.17) is 11.6 Å². The average molecular weight is 254 g/mol. The molecule has 1 atom stereocenters. The van der Waals surface area contributed by atoms with Crippen LogP contribution in [0.15, 0.2) is 12.1 Å². The molecule has 0 bridgehead atoms. The first-order chi connectivity index (χ1) is 8.00. The van der Waals surface area contributed by atoms with Gasteiger partial charge in [0.05, 0.1) is 11.6 Å². The van der Waals surface area contributed by atoms with E-state index in [-0.39, 0.29) is 0 Å². The van der Waals surface area contributed by atoms with Gasteiger partial charge in [-0.25, -0.2) is 0 Å². The molecule has 94 valence electrons. The van der Waals surface area contributed by atoms with E-state index < -0.39 is 0 Å². The predicted octanol–water partition coefficient (Wildman–Crippen LogP) is 3.09. The van der Waals surface area contributed by atoms with E-state index in [0.29, 0.717) is 11.3 Å². The zero-order valence-corrected chi connectivity index (χ0v) is 11.5. The molecule has 17 heavy (non-hydrogen) atoms. The Balaban J connectivity index is 2.05. The van der Waals surface area contributed by atoms with Gasteiger partial charge in [-0.15, -0.1) is 16.7 Å². The predicted molar refractivity (Wildman–Crippen MR) is 71.4 cm³/mol. The zero-order valence-electron chi connectivity index (χ0n) is 10.8. The number of halogens is 1. The maximum Gasteiger partial charge on any atom is 0.151 e. The molecule has 1 aromatic heterocycles. The van der Waals surface area contributed by atoms with E-state index in [9.17, 15) is 0 Å². The molecule has 3 nitrogen and oxygen atoms in total. The van der Waals surface area contributed by atoms with Crippen LogP contribution in [-0.2, 0) is 5.88 Å². The van der Waals surface area contributed by atoms with Crippen LogP contribution in [0.2, 0.25) is 0 Å². The number of rotatable bonds is 2. The van der Waals surface area contributed by atoms with Crippen molar-refractivity contribution in [1.29, 1.82) is 0 Å². The summed E-state index contributed by atoms with van der Waals surface area (Å²) < 4.78 is 0. The molecule has 0 N–H and O–H groups in total. The fraction of sp³-hybridized carbons (Fsp3) is 0.692. The van der Waals surface area contributed by atoms with E-state index in [0.717, 1.165) is 30.5 Å². The Labute approximate surface area is 108 Å². The summed E-state index contributed by atoms with van der Waals surface area (Å²) in [6, 6.07) is 3.98. The molecular weight excluding hydrogens is 234 g/mol. The smallest absolute Gasteiger partial charge is 0.151 e. The summed E-state index contributed by atoms with van der Waals surface area (Å²) in [4.78, 5) is 2.32. The van der Waals surface area contributed by atoms with Gasteiger partial charge >= 0.3 is 0 Å². The van der Waals surface area contributed by atoms with Crippen molar-refractivity contribution in [2.24, 2.45) is 11.3 Å². The fourth-order valence-corrected chi connectivity index (χ4v) is 2.41. The van der Waals surface area contributed by atoms with Crippen LogP contribution in [0.5, 0.6) is 0 Å². The minimum absolute atomic E-state index is 0.373. The Hall–Kier alpha value is -0.830. The maximum absolute atomic E-state index is 5.71. The molecular formula is C13H20ClN3. The first kappa shape index (κ1) is 12.6. The van der Waals surface area contributed by atoms with Crippen molar-refractivity contribution in [3.05, 3.63) is 17.8 Å². The van der Waals surface area contributed by atoms with Gasteiger partial charge in [0.15, 0.2) is 5.82 Å². The summed E-state index contributed by atoms with van der Waals surface area (Å²) in [5.74, 6) is 2.14. The molecule has 1 aromatic rings. The van der Waals surface area contributed by atoms with Gasteiger partial charge in [0.2, 0.25) is 0 Å². The maximum atomic E-state index is 5.71. The van der Waals surface area contributed by atoms with Crippen LogP contribution in [0, 0.1) is 11.3 Å². The Bertz CT molecular complexity index is 369. The third kappa shape index (κ3) is 2.89. The minimum Gasteiger partial charge on any atom is -0.355 e. The lowest BCUT2D eigenvalue weighted by molar-refractivity contribution is 0.263. The molecule has 2 heterocycles. The molecule has 1 aliphatic rings. The summed E-state index contributed by atoms with van der Waals surface area (Å²) in [6.07, 6.45) is 1.24.